The van der Waals surface area contributed by atoms with Crippen LogP contribution >= 0.6 is 23.5 Å². The Bertz CT molecular complexity index is 1100. The van der Waals surface area contributed by atoms with Gasteiger partial charge in [0.15, 0.2) is 17.9 Å². The molecule has 3 unspecified atom stereocenters. The maximum absolute atomic E-state index is 15.2. The predicted octanol–water partition coefficient (Wildman–Crippen LogP) is -0.368. The van der Waals surface area contributed by atoms with Gasteiger partial charge in [0, 0.05) is 0 Å². The summed E-state index contributed by atoms with van der Waals surface area (Å²) in [5, 5.41) is 10.2. The number of halogens is 3. The van der Waals surface area contributed by atoms with Crippen molar-refractivity contribution in [1.82, 2.24) is 9.55 Å². The molecule has 2 rings (SSSR count). The minimum absolute atomic E-state index is 0.117. The predicted molar refractivity (Wildman–Crippen MR) is 97.0 cm³/mol. The Morgan fingerprint density at radius 2 is 1.85 bits per heavy atom. The number of alkyl halides is 2. The number of hydrogen-bond acceptors (Lipinski definition) is 11. The van der Waals surface area contributed by atoms with Crippen LogP contribution in [0.5, 0.6) is 0 Å². The lowest BCUT2D eigenvalue weighted by Crippen LogP contribution is -2.48. The second-order valence-corrected chi connectivity index (χ2v) is 10.9. The van der Waals surface area contributed by atoms with Gasteiger partial charge in [0.05, 0.1) is 12.3 Å². The Morgan fingerprint density at radius 1 is 1.27 bits per heavy atom. The molecule has 190 valence electrons. The van der Waals surface area contributed by atoms with Gasteiger partial charge in [-0.25, -0.2) is 31.7 Å². The van der Waals surface area contributed by atoms with Crippen molar-refractivity contribution in [3.63, 3.8) is 0 Å². The molecular formula is C11H17F3N3O13P3. The molecule has 7 N–H and O–H groups in total. The molecule has 33 heavy (non-hydrogen) atoms. The Labute approximate surface area is 181 Å². The molecule has 1 saturated heterocycles. The number of ether oxygens (including phenoxy) is 1. The second kappa shape index (κ2) is 9.45. The topological polar surface area (TPSA) is 250 Å². The van der Waals surface area contributed by atoms with E-state index in [4.69, 9.17) is 25.2 Å². The minimum atomic E-state index is -5.89. The summed E-state index contributed by atoms with van der Waals surface area (Å²) >= 11 is 0. The normalized spacial score (nSPS) is 30.5. The molecule has 0 bridgehead atoms. The molecular weight excluding hydrogens is 532 g/mol. The third kappa shape index (κ3) is 6.48. The molecule has 0 amide bonds. The van der Waals surface area contributed by atoms with E-state index in [9.17, 15) is 37.3 Å². The monoisotopic (exact) mass is 549 g/mol. The van der Waals surface area contributed by atoms with Gasteiger partial charge in [-0.15, -0.1) is 0 Å². The van der Waals surface area contributed by atoms with Gasteiger partial charge in [0.2, 0.25) is 5.67 Å². The molecule has 0 radical (unpaired) electrons. The van der Waals surface area contributed by atoms with Gasteiger partial charge in [0.25, 0.3) is 0 Å². The van der Waals surface area contributed by atoms with E-state index in [1.165, 1.54) is 0 Å². The lowest BCUT2D eigenvalue weighted by Gasteiger charge is -2.27. The first kappa shape index (κ1) is 28.0. The quantitative estimate of drug-likeness (QED) is 0.215. The highest BCUT2D eigenvalue weighted by atomic mass is 31.3. The molecule has 0 spiro atoms. The average Bonchev–Trinajstić information content (AvgIpc) is 2.87. The van der Waals surface area contributed by atoms with Gasteiger partial charge < -0.3 is 35.2 Å². The van der Waals surface area contributed by atoms with Crippen molar-refractivity contribution in [3.05, 3.63) is 22.5 Å². The number of aliphatic hydroxyl groups is 1. The molecule has 0 saturated carbocycles. The fourth-order valence-corrected chi connectivity index (χ4v) is 5.96. The van der Waals surface area contributed by atoms with E-state index in [0.29, 0.717) is 6.20 Å². The van der Waals surface area contributed by atoms with Crippen molar-refractivity contribution in [2.24, 2.45) is 0 Å². The largest absolute Gasteiger partial charge is 0.490 e. The van der Waals surface area contributed by atoms with Crippen LogP contribution in [-0.2, 0) is 31.6 Å². The summed E-state index contributed by atoms with van der Waals surface area (Å²) < 4.78 is 92.9. The summed E-state index contributed by atoms with van der Waals surface area (Å²) in [6.45, 7) is -1.21. The molecule has 0 aromatic carbocycles. The van der Waals surface area contributed by atoms with E-state index >= 15 is 4.39 Å². The van der Waals surface area contributed by atoms with Gasteiger partial charge in [-0.1, -0.05) is 0 Å². The number of nitrogen functional groups attached to an aromatic ring is 1. The van der Waals surface area contributed by atoms with Gasteiger partial charge in [0.1, 0.15) is 18.9 Å². The lowest BCUT2D eigenvalue weighted by atomic mass is 9.95. The zero-order valence-electron chi connectivity index (χ0n) is 16.0. The summed E-state index contributed by atoms with van der Waals surface area (Å²) in [5.74, 6) is -2.21. The Kier molecular flexibility index (Phi) is 8.03. The van der Waals surface area contributed by atoms with Crippen LogP contribution in [0.2, 0.25) is 0 Å². The lowest BCUT2D eigenvalue weighted by molar-refractivity contribution is -0.0858. The number of phosphoric ester groups is 1. The van der Waals surface area contributed by atoms with E-state index in [0.717, 1.165) is 6.92 Å². The van der Waals surface area contributed by atoms with Gasteiger partial charge >= 0.3 is 29.2 Å². The van der Waals surface area contributed by atoms with E-state index in [-0.39, 0.29) is 4.57 Å². The number of nitrogens with zero attached hydrogens (tertiary/aromatic N) is 2. The fraction of sp³-hybridized carbons (Fsp3) is 0.636. The van der Waals surface area contributed by atoms with Gasteiger partial charge in [-0.3, -0.25) is 9.09 Å². The second-order valence-electron chi connectivity index (χ2n) is 6.52. The number of rotatable bonds is 9. The highest BCUT2D eigenvalue weighted by molar-refractivity contribution is 7.66. The first-order valence-electron chi connectivity index (χ1n) is 8.26. The van der Waals surface area contributed by atoms with E-state index < -0.39 is 77.7 Å². The van der Waals surface area contributed by atoms with Crippen molar-refractivity contribution in [1.29, 1.82) is 0 Å². The van der Waals surface area contributed by atoms with Crippen LogP contribution in [0.1, 0.15) is 13.2 Å². The van der Waals surface area contributed by atoms with Gasteiger partial charge in [-0.05, 0) is 6.92 Å². The Hall–Kier alpha value is -1.20. The number of phosphoric acid groups is 3. The Balaban J connectivity index is 2.29. The first-order chi connectivity index (χ1) is 14.8. The Morgan fingerprint density at radius 3 is 2.36 bits per heavy atom. The number of anilines is 1. The van der Waals surface area contributed by atoms with E-state index in [1.807, 2.05) is 0 Å². The molecule has 7 atom stereocenters. The maximum Gasteiger partial charge on any atom is 0.490 e. The highest BCUT2D eigenvalue weighted by Gasteiger charge is 2.61. The molecule has 1 aliphatic heterocycles. The number of hydrogen-bond donors (Lipinski definition) is 6. The smallest absolute Gasteiger partial charge is 0.387 e. The van der Waals surface area contributed by atoms with Gasteiger partial charge in [-0.2, -0.15) is 13.6 Å². The first-order valence-corrected chi connectivity index (χ1v) is 12.8. The van der Waals surface area contributed by atoms with Crippen molar-refractivity contribution >= 4 is 29.3 Å². The van der Waals surface area contributed by atoms with Crippen LogP contribution in [0.4, 0.5) is 19.0 Å². The van der Waals surface area contributed by atoms with Crippen LogP contribution in [0.3, 0.4) is 0 Å². The van der Waals surface area contributed by atoms with Crippen molar-refractivity contribution in [3.8, 4) is 0 Å². The minimum Gasteiger partial charge on any atom is -0.387 e. The zero-order chi connectivity index (χ0) is 25.6. The number of aromatic nitrogens is 2. The average molecular weight is 549 g/mol. The summed E-state index contributed by atoms with van der Waals surface area (Å²) in [7, 11) is -17.3. The summed E-state index contributed by atoms with van der Waals surface area (Å²) in [6.07, 6.45) is -8.69. The molecule has 2 heterocycles. The third-order valence-electron chi connectivity index (χ3n) is 4.07. The summed E-state index contributed by atoms with van der Waals surface area (Å²) in [6, 6.07) is 0. The van der Waals surface area contributed by atoms with Crippen LogP contribution in [0.25, 0.3) is 0 Å². The molecule has 1 aromatic rings. The zero-order valence-corrected chi connectivity index (χ0v) is 18.7. The fourth-order valence-electron chi connectivity index (χ4n) is 2.76. The summed E-state index contributed by atoms with van der Waals surface area (Å²) in [4.78, 5) is 50.6. The van der Waals surface area contributed by atoms with Crippen LogP contribution in [-0.4, -0.2) is 64.9 Å². The van der Waals surface area contributed by atoms with E-state index in [1.54, 1.807) is 0 Å². The van der Waals surface area contributed by atoms with Crippen molar-refractivity contribution < 1.29 is 69.4 Å². The molecule has 0 aliphatic carbocycles. The molecule has 1 fully saturated rings. The third-order valence-corrected chi connectivity index (χ3v) is 8.00. The maximum atomic E-state index is 15.2. The molecule has 1 aromatic heterocycles. The van der Waals surface area contributed by atoms with Crippen LogP contribution in [0, 0.1) is 5.82 Å². The van der Waals surface area contributed by atoms with Crippen LogP contribution in [0.15, 0.2) is 11.0 Å². The van der Waals surface area contributed by atoms with Crippen molar-refractivity contribution in [2.75, 3.05) is 12.4 Å². The molecule has 1 aliphatic rings. The molecule has 16 nitrogen and oxygen atoms in total. The number of aliphatic hydroxyl groups excluding tert-OH is 1. The van der Waals surface area contributed by atoms with Crippen LogP contribution < -0.4 is 11.4 Å². The standard InChI is InChI=1S/C11H17F3N3O13P3/c1-4(28-32(23,24)30-33(25,26)29-31(20,21)22)6-7(18)11(14,3-12)9(27-6)17-2-5(13)8(15)16-10(17)19/h2,4,6-7,9,18H,3H2,1H3,(H,23,24)(H,25,26)(H2,15,16,19)(H2,20,21,22)/t4-,6+,7-,9+,11?/m0/s1. The van der Waals surface area contributed by atoms with Crippen molar-refractivity contribution in [2.45, 2.75) is 37.1 Å². The number of nitrogens with two attached hydrogens (primary N) is 1. The SMILES string of the molecule is C[C@H](OP(=O)(O)OP(=O)(O)OP(=O)(O)O)[C@H]1O[C@@H](n2cc(F)c(N)nc2=O)C(F)(CF)[C@H]1O. The highest BCUT2D eigenvalue weighted by Crippen LogP contribution is 2.66. The van der Waals surface area contributed by atoms with E-state index in [2.05, 4.69) is 18.1 Å². The summed E-state index contributed by atoms with van der Waals surface area (Å²) in [5.41, 5.74) is 0.231. The molecule has 22 heteroatoms.